The van der Waals surface area contributed by atoms with Gasteiger partial charge in [0.25, 0.3) is 0 Å². The second kappa shape index (κ2) is 7.70. The average Bonchev–Trinajstić information content (AvgIpc) is 2.43. The fourth-order valence-electron chi connectivity index (χ4n) is 2.90. The van der Waals surface area contributed by atoms with Crippen LogP contribution in [0.3, 0.4) is 0 Å². The Balaban J connectivity index is 1.98. The smallest absolute Gasteiger partial charge is 0.126 e. The van der Waals surface area contributed by atoms with E-state index in [1.54, 1.807) is 0 Å². The lowest BCUT2D eigenvalue weighted by atomic mass is 10.0. The summed E-state index contributed by atoms with van der Waals surface area (Å²) in [6, 6.07) is 3.82. The van der Waals surface area contributed by atoms with Crippen LogP contribution in [-0.4, -0.2) is 31.1 Å². The summed E-state index contributed by atoms with van der Waals surface area (Å²) in [6.45, 7) is 6.09. The third-order valence-electron chi connectivity index (χ3n) is 3.92. The summed E-state index contributed by atoms with van der Waals surface area (Å²) < 4.78 is 26.7. The van der Waals surface area contributed by atoms with Gasteiger partial charge in [0.2, 0.25) is 0 Å². The van der Waals surface area contributed by atoms with Crippen molar-refractivity contribution in [1.29, 1.82) is 0 Å². The quantitative estimate of drug-likeness (QED) is 0.859. The minimum atomic E-state index is -0.499. The van der Waals surface area contributed by atoms with Crippen LogP contribution < -0.4 is 5.32 Å². The maximum absolute atomic E-state index is 13.3. The van der Waals surface area contributed by atoms with Gasteiger partial charge in [0.15, 0.2) is 0 Å². The number of halogens is 2. The molecule has 1 aromatic carbocycles. The molecule has 2 rings (SSSR count). The van der Waals surface area contributed by atoms with Gasteiger partial charge in [0.1, 0.15) is 11.6 Å². The van der Waals surface area contributed by atoms with Crippen molar-refractivity contribution in [3.63, 3.8) is 0 Å². The number of piperidine rings is 1. The lowest BCUT2D eigenvalue weighted by Gasteiger charge is -2.28. The standard InChI is InChI=1S/C16H24F2N2/c1-2-19-16(6-9-20-7-4-3-5-8-20)13-10-14(17)12-15(18)11-13/h10-12,16,19H,2-9H2,1H3. The average molecular weight is 282 g/mol. The molecule has 1 aliphatic rings. The first-order valence-corrected chi connectivity index (χ1v) is 7.60. The summed E-state index contributed by atoms with van der Waals surface area (Å²) in [7, 11) is 0. The summed E-state index contributed by atoms with van der Waals surface area (Å²) in [5.41, 5.74) is 0.710. The number of hydrogen-bond acceptors (Lipinski definition) is 2. The number of likely N-dealkylation sites (tertiary alicyclic amines) is 1. The molecule has 0 spiro atoms. The lowest BCUT2D eigenvalue weighted by molar-refractivity contribution is 0.217. The Labute approximate surface area is 120 Å². The van der Waals surface area contributed by atoms with Crippen molar-refractivity contribution in [1.82, 2.24) is 10.2 Å². The Morgan fingerprint density at radius 3 is 2.35 bits per heavy atom. The highest BCUT2D eigenvalue weighted by Crippen LogP contribution is 2.21. The fraction of sp³-hybridized carbons (Fsp3) is 0.625. The van der Waals surface area contributed by atoms with Crippen LogP contribution in [0.5, 0.6) is 0 Å². The predicted molar refractivity (Wildman–Crippen MR) is 77.7 cm³/mol. The van der Waals surface area contributed by atoms with Crippen molar-refractivity contribution in [2.75, 3.05) is 26.2 Å². The fourth-order valence-corrected chi connectivity index (χ4v) is 2.90. The monoisotopic (exact) mass is 282 g/mol. The van der Waals surface area contributed by atoms with Gasteiger partial charge in [0, 0.05) is 12.1 Å². The zero-order chi connectivity index (χ0) is 14.4. The molecule has 0 saturated carbocycles. The van der Waals surface area contributed by atoms with E-state index < -0.39 is 11.6 Å². The maximum atomic E-state index is 13.3. The Morgan fingerprint density at radius 1 is 1.10 bits per heavy atom. The zero-order valence-electron chi connectivity index (χ0n) is 12.2. The van der Waals surface area contributed by atoms with Gasteiger partial charge in [-0.2, -0.15) is 0 Å². The molecule has 2 nitrogen and oxygen atoms in total. The molecule has 0 radical (unpaired) electrons. The van der Waals surface area contributed by atoms with Gasteiger partial charge in [-0.1, -0.05) is 13.3 Å². The topological polar surface area (TPSA) is 15.3 Å². The van der Waals surface area contributed by atoms with Gasteiger partial charge in [-0.25, -0.2) is 8.78 Å². The molecule has 0 aromatic heterocycles. The molecule has 1 aromatic rings. The van der Waals surface area contributed by atoms with E-state index >= 15 is 0 Å². The number of nitrogens with one attached hydrogen (secondary N) is 1. The Kier molecular flexibility index (Phi) is 5.92. The summed E-state index contributed by atoms with van der Waals surface area (Å²) >= 11 is 0. The molecule has 20 heavy (non-hydrogen) atoms. The third kappa shape index (κ3) is 4.53. The van der Waals surface area contributed by atoms with Gasteiger partial charge < -0.3 is 10.2 Å². The summed E-state index contributed by atoms with van der Waals surface area (Å²) in [5.74, 6) is -0.998. The Morgan fingerprint density at radius 2 is 1.75 bits per heavy atom. The number of nitrogens with zero attached hydrogens (tertiary/aromatic N) is 1. The maximum Gasteiger partial charge on any atom is 0.126 e. The number of hydrogen-bond donors (Lipinski definition) is 1. The van der Waals surface area contributed by atoms with E-state index in [1.807, 2.05) is 6.92 Å². The van der Waals surface area contributed by atoms with Crippen LogP contribution in [0.25, 0.3) is 0 Å². The largest absolute Gasteiger partial charge is 0.310 e. The van der Waals surface area contributed by atoms with E-state index in [1.165, 1.54) is 31.4 Å². The van der Waals surface area contributed by atoms with E-state index in [9.17, 15) is 8.78 Å². The minimum Gasteiger partial charge on any atom is -0.310 e. The molecular weight excluding hydrogens is 258 g/mol. The molecule has 1 aliphatic heterocycles. The van der Waals surface area contributed by atoms with Crippen molar-refractivity contribution in [2.45, 2.75) is 38.6 Å². The Bertz CT molecular complexity index is 397. The molecule has 112 valence electrons. The van der Waals surface area contributed by atoms with Gasteiger partial charge >= 0.3 is 0 Å². The zero-order valence-corrected chi connectivity index (χ0v) is 12.2. The molecule has 0 amide bonds. The highest BCUT2D eigenvalue weighted by molar-refractivity contribution is 5.21. The van der Waals surface area contributed by atoms with Crippen molar-refractivity contribution >= 4 is 0 Å². The van der Waals surface area contributed by atoms with Crippen LogP contribution in [0, 0.1) is 11.6 Å². The molecule has 1 heterocycles. The first-order valence-electron chi connectivity index (χ1n) is 7.60. The van der Waals surface area contributed by atoms with E-state index in [4.69, 9.17) is 0 Å². The van der Waals surface area contributed by atoms with Crippen molar-refractivity contribution < 1.29 is 8.78 Å². The van der Waals surface area contributed by atoms with Crippen LogP contribution in [-0.2, 0) is 0 Å². The van der Waals surface area contributed by atoms with Crippen LogP contribution in [0.2, 0.25) is 0 Å². The minimum absolute atomic E-state index is 0.0205. The van der Waals surface area contributed by atoms with E-state index in [2.05, 4.69) is 10.2 Å². The molecule has 1 saturated heterocycles. The number of benzene rings is 1. The van der Waals surface area contributed by atoms with Crippen molar-refractivity contribution in [3.8, 4) is 0 Å². The highest BCUT2D eigenvalue weighted by atomic mass is 19.1. The second-order valence-electron chi connectivity index (χ2n) is 5.50. The van der Waals surface area contributed by atoms with Gasteiger partial charge in [0.05, 0.1) is 0 Å². The Hall–Kier alpha value is -1.00. The van der Waals surface area contributed by atoms with Crippen LogP contribution in [0.4, 0.5) is 8.78 Å². The van der Waals surface area contributed by atoms with Gasteiger partial charge in [-0.3, -0.25) is 0 Å². The molecule has 4 heteroatoms. The molecule has 1 atom stereocenters. The van der Waals surface area contributed by atoms with Gasteiger partial charge in [-0.15, -0.1) is 0 Å². The van der Waals surface area contributed by atoms with Crippen LogP contribution >= 0.6 is 0 Å². The molecule has 1 unspecified atom stereocenters. The first-order chi connectivity index (χ1) is 9.69. The molecular formula is C16H24F2N2. The van der Waals surface area contributed by atoms with E-state index in [0.717, 1.165) is 38.7 Å². The number of rotatable bonds is 6. The van der Waals surface area contributed by atoms with Crippen molar-refractivity contribution in [2.24, 2.45) is 0 Å². The van der Waals surface area contributed by atoms with E-state index in [-0.39, 0.29) is 6.04 Å². The molecule has 0 aliphatic carbocycles. The van der Waals surface area contributed by atoms with E-state index in [0.29, 0.717) is 5.56 Å². The first kappa shape index (κ1) is 15.4. The normalized spacial score (nSPS) is 18.1. The highest BCUT2D eigenvalue weighted by Gasteiger charge is 2.16. The molecule has 1 N–H and O–H groups in total. The van der Waals surface area contributed by atoms with Crippen molar-refractivity contribution in [3.05, 3.63) is 35.4 Å². The van der Waals surface area contributed by atoms with Crippen LogP contribution in [0.1, 0.15) is 44.2 Å². The summed E-state index contributed by atoms with van der Waals surface area (Å²) in [6.07, 6.45) is 4.74. The lowest BCUT2D eigenvalue weighted by Crippen LogP contribution is -2.33. The second-order valence-corrected chi connectivity index (χ2v) is 5.50. The third-order valence-corrected chi connectivity index (χ3v) is 3.92. The molecule has 0 bridgehead atoms. The molecule has 1 fully saturated rings. The SMILES string of the molecule is CCNC(CCN1CCCCC1)c1cc(F)cc(F)c1. The summed E-state index contributed by atoms with van der Waals surface area (Å²) in [5, 5.41) is 3.33. The van der Waals surface area contributed by atoms with Gasteiger partial charge in [-0.05, 0) is 63.1 Å². The summed E-state index contributed by atoms with van der Waals surface area (Å²) in [4.78, 5) is 2.45. The van der Waals surface area contributed by atoms with Crippen LogP contribution in [0.15, 0.2) is 18.2 Å². The predicted octanol–water partition coefficient (Wildman–Crippen LogP) is 3.49.